The monoisotopic (exact) mass is 418 g/mol. The molecule has 31 heavy (non-hydrogen) atoms. The van der Waals surface area contributed by atoms with Gasteiger partial charge in [0, 0.05) is 36.0 Å². The largest absolute Gasteiger partial charge is 0.469 e. The number of nitriles is 1. The van der Waals surface area contributed by atoms with Crippen LogP contribution in [-0.4, -0.2) is 27.4 Å². The van der Waals surface area contributed by atoms with Crippen molar-refractivity contribution in [3.8, 4) is 6.07 Å². The van der Waals surface area contributed by atoms with Gasteiger partial charge in [0.2, 0.25) is 5.91 Å². The molecule has 3 aromatic rings. The SMILES string of the molecule is Cc1cc([C@@H]2CCON2C(=O)[C@H]2CC[C@H](Cn3cc4ccc(C#N)cc4n3)CC2)co1. The van der Waals surface area contributed by atoms with Crippen molar-refractivity contribution in [2.75, 3.05) is 6.61 Å². The second kappa shape index (κ2) is 8.20. The average molecular weight is 418 g/mol. The quantitative estimate of drug-likeness (QED) is 0.622. The molecule has 0 radical (unpaired) electrons. The lowest BCUT2D eigenvalue weighted by molar-refractivity contribution is -0.183. The van der Waals surface area contributed by atoms with Crippen LogP contribution in [0.2, 0.25) is 0 Å². The summed E-state index contributed by atoms with van der Waals surface area (Å²) in [5.74, 6) is 1.47. The van der Waals surface area contributed by atoms with E-state index in [9.17, 15) is 4.79 Å². The maximum absolute atomic E-state index is 13.2. The normalized spacial score (nSPS) is 23.9. The third-order valence-electron chi connectivity index (χ3n) is 6.58. The summed E-state index contributed by atoms with van der Waals surface area (Å²) < 4.78 is 7.42. The molecule has 1 aliphatic heterocycles. The van der Waals surface area contributed by atoms with Crippen molar-refractivity contribution in [1.29, 1.82) is 5.26 Å². The number of nitrogens with zero attached hydrogens (tertiary/aromatic N) is 4. The third-order valence-corrected chi connectivity index (χ3v) is 6.58. The lowest BCUT2D eigenvalue weighted by atomic mass is 9.81. The van der Waals surface area contributed by atoms with Crippen LogP contribution in [-0.2, 0) is 16.2 Å². The van der Waals surface area contributed by atoms with Gasteiger partial charge in [-0.15, -0.1) is 0 Å². The van der Waals surface area contributed by atoms with E-state index in [1.807, 2.05) is 42.1 Å². The molecule has 1 saturated heterocycles. The highest BCUT2D eigenvalue weighted by Crippen LogP contribution is 2.37. The Morgan fingerprint density at radius 2 is 2.06 bits per heavy atom. The minimum absolute atomic E-state index is 0.0136. The Morgan fingerprint density at radius 3 is 2.81 bits per heavy atom. The molecule has 1 saturated carbocycles. The zero-order chi connectivity index (χ0) is 21.4. The van der Waals surface area contributed by atoms with Crippen molar-refractivity contribution in [2.24, 2.45) is 11.8 Å². The molecule has 2 fully saturated rings. The Kier molecular flexibility index (Phi) is 5.24. The van der Waals surface area contributed by atoms with E-state index < -0.39 is 0 Å². The number of carbonyl (C=O) groups excluding carboxylic acids is 1. The molecule has 2 aliphatic rings. The second-order valence-corrected chi connectivity index (χ2v) is 8.75. The van der Waals surface area contributed by atoms with E-state index >= 15 is 0 Å². The number of hydroxylamine groups is 2. The maximum atomic E-state index is 13.2. The minimum atomic E-state index is -0.0440. The number of hydrogen-bond donors (Lipinski definition) is 0. The summed E-state index contributed by atoms with van der Waals surface area (Å²) in [6, 6.07) is 9.71. The van der Waals surface area contributed by atoms with Gasteiger partial charge >= 0.3 is 0 Å². The Hall–Kier alpha value is -3.11. The van der Waals surface area contributed by atoms with Crippen LogP contribution in [0.5, 0.6) is 0 Å². The molecule has 0 bridgehead atoms. The summed E-state index contributed by atoms with van der Waals surface area (Å²) in [6.45, 7) is 3.32. The lowest BCUT2D eigenvalue weighted by Gasteiger charge is -2.31. The zero-order valence-electron chi connectivity index (χ0n) is 17.7. The molecule has 7 heteroatoms. The van der Waals surface area contributed by atoms with E-state index in [2.05, 4.69) is 11.2 Å². The van der Waals surface area contributed by atoms with E-state index in [1.54, 1.807) is 11.3 Å². The predicted octanol–water partition coefficient (Wildman–Crippen LogP) is 4.52. The van der Waals surface area contributed by atoms with Gasteiger partial charge in [-0.1, -0.05) is 0 Å². The Bertz CT molecular complexity index is 1130. The van der Waals surface area contributed by atoms with Gasteiger partial charge in [-0.3, -0.25) is 14.3 Å². The van der Waals surface area contributed by atoms with E-state index in [-0.39, 0.29) is 17.9 Å². The summed E-state index contributed by atoms with van der Waals surface area (Å²) in [6.07, 6.45) is 8.34. The number of hydrogen-bond acceptors (Lipinski definition) is 5. The van der Waals surface area contributed by atoms with Gasteiger partial charge in [-0.25, -0.2) is 5.06 Å². The standard InChI is InChI=1S/C24H26N4O3/c1-16-10-21(15-30-16)23-8-9-31-28(23)24(29)19-5-2-17(3-6-19)13-27-14-20-7-4-18(12-25)11-22(20)26-27/h4,7,10-11,14-15,17,19,23H,2-3,5-6,8-9,13H2,1H3/t17-,19-,23-/m0/s1. The number of aromatic nitrogens is 2. The first-order valence-corrected chi connectivity index (χ1v) is 11.0. The predicted molar refractivity (Wildman–Crippen MR) is 113 cm³/mol. The highest BCUT2D eigenvalue weighted by Gasteiger charge is 2.37. The Morgan fingerprint density at radius 1 is 1.23 bits per heavy atom. The van der Waals surface area contributed by atoms with Crippen LogP contribution >= 0.6 is 0 Å². The minimum Gasteiger partial charge on any atom is -0.469 e. The molecule has 160 valence electrons. The molecular formula is C24H26N4O3. The van der Waals surface area contributed by atoms with Crippen LogP contribution in [0.4, 0.5) is 0 Å². The fourth-order valence-electron chi connectivity index (χ4n) is 4.89. The van der Waals surface area contributed by atoms with Crippen molar-refractivity contribution in [3.63, 3.8) is 0 Å². The molecule has 5 rings (SSSR count). The zero-order valence-corrected chi connectivity index (χ0v) is 17.7. The number of fused-ring (bicyclic) bond motifs is 1. The molecule has 7 nitrogen and oxygen atoms in total. The molecule has 3 heterocycles. The molecule has 0 spiro atoms. The van der Waals surface area contributed by atoms with Crippen LogP contribution in [0.15, 0.2) is 41.1 Å². The number of carbonyl (C=O) groups is 1. The summed E-state index contributed by atoms with van der Waals surface area (Å²) in [4.78, 5) is 18.9. The van der Waals surface area contributed by atoms with E-state index in [1.165, 1.54) is 0 Å². The topological polar surface area (TPSA) is 84.3 Å². The van der Waals surface area contributed by atoms with E-state index in [0.717, 1.165) is 60.9 Å². The summed E-state index contributed by atoms with van der Waals surface area (Å²) in [5, 5.41) is 16.4. The Balaban J connectivity index is 1.19. The first-order valence-electron chi connectivity index (χ1n) is 11.0. The highest BCUT2D eigenvalue weighted by atomic mass is 16.7. The van der Waals surface area contributed by atoms with E-state index in [0.29, 0.717) is 18.1 Å². The molecule has 0 unspecified atom stereocenters. The van der Waals surface area contributed by atoms with Gasteiger partial charge in [0.05, 0.1) is 36.1 Å². The molecule has 1 aliphatic carbocycles. The fourth-order valence-corrected chi connectivity index (χ4v) is 4.89. The number of amides is 1. The van der Waals surface area contributed by atoms with E-state index in [4.69, 9.17) is 14.5 Å². The fraction of sp³-hybridized carbons (Fsp3) is 0.458. The van der Waals surface area contributed by atoms with Crippen molar-refractivity contribution in [2.45, 2.75) is 51.6 Å². The van der Waals surface area contributed by atoms with Gasteiger partial charge in [0.25, 0.3) is 0 Å². The van der Waals surface area contributed by atoms with Crippen molar-refractivity contribution >= 4 is 16.8 Å². The van der Waals surface area contributed by atoms with Crippen LogP contribution < -0.4 is 0 Å². The van der Waals surface area contributed by atoms with Gasteiger partial charge in [0.15, 0.2) is 0 Å². The van der Waals surface area contributed by atoms with Gasteiger partial charge in [-0.05, 0) is 62.8 Å². The number of benzene rings is 1. The van der Waals surface area contributed by atoms with Crippen LogP contribution in [0.25, 0.3) is 10.9 Å². The first kappa shape index (κ1) is 19.8. The average Bonchev–Trinajstić information content (AvgIpc) is 3.52. The van der Waals surface area contributed by atoms with Crippen LogP contribution in [0, 0.1) is 30.1 Å². The summed E-state index contributed by atoms with van der Waals surface area (Å²) in [5.41, 5.74) is 2.50. The van der Waals surface area contributed by atoms with Crippen molar-refractivity contribution < 1.29 is 14.0 Å². The lowest BCUT2D eigenvalue weighted by Crippen LogP contribution is -2.36. The molecular weight excluding hydrogens is 392 g/mol. The van der Waals surface area contributed by atoms with Gasteiger partial charge in [0.1, 0.15) is 5.76 Å². The molecule has 2 aromatic heterocycles. The van der Waals surface area contributed by atoms with Gasteiger partial charge in [-0.2, -0.15) is 10.4 Å². The van der Waals surface area contributed by atoms with Crippen molar-refractivity contribution in [3.05, 3.63) is 53.6 Å². The molecule has 1 atom stereocenters. The van der Waals surface area contributed by atoms with Gasteiger partial charge < -0.3 is 4.42 Å². The smallest absolute Gasteiger partial charge is 0.249 e. The Labute approximate surface area is 181 Å². The highest BCUT2D eigenvalue weighted by molar-refractivity contribution is 5.79. The number of aryl methyl sites for hydroxylation is 1. The molecule has 0 N–H and O–H groups in total. The van der Waals surface area contributed by atoms with Crippen LogP contribution in [0.1, 0.15) is 55.0 Å². The van der Waals surface area contributed by atoms with Crippen molar-refractivity contribution in [1.82, 2.24) is 14.8 Å². The molecule has 1 amide bonds. The third kappa shape index (κ3) is 3.96. The molecule has 1 aromatic carbocycles. The summed E-state index contributed by atoms with van der Waals surface area (Å²) >= 11 is 0. The van der Waals surface area contributed by atoms with Crippen LogP contribution in [0.3, 0.4) is 0 Å². The number of rotatable bonds is 4. The maximum Gasteiger partial charge on any atom is 0.249 e. The number of furan rings is 1. The summed E-state index contributed by atoms with van der Waals surface area (Å²) in [7, 11) is 0. The first-order chi connectivity index (χ1) is 15.1. The second-order valence-electron chi connectivity index (χ2n) is 8.75.